The second-order valence-electron chi connectivity index (χ2n) is 7.09. The summed E-state index contributed by atoms with van der Waals surface area (Å²) in [5.74, 6) is 1.06. The molecule has 0 aliphatic carbocycles. The summed E-state index contributed by atoms with van der Waals surface area (Å²) in [5, 5.41) is 10.2. The molecule has 1 N–H and O–H groups in total. The Balaban J connectivity index is 1.47. The number of β-amino-alcohol motifs (C(OH)–C–C–N with tert-alkyl or cyclic N) is 1. The molecule has 0 saturated carbocycles. The number of nitrogens with zero attached hydrogens (tertiary/aromatic N) is 3. The summed E-state index contributed by atoms with van der Waals surface area (Å²) in [5.41, 5.74) is 0.278. The zero-order valence-corrected chi connectivity index (χ0v) is 16.7. The van der Waals surface area contributed by atoms with Crippen LogP contribution in [0.5, 0.6) is 5.75 Å². The number of halogens is 4. The van der Waals surface area contributed by atoms with Crippen LogP contribution in [0, 0.1) is 6.92 Å². The van der Waals surface area contributed by atoms with Crippen LogP contribution in [0.2, 0.25) is 5.02 Å². The normalized spacial score (nSPS) is 16.7. The third kappa shape index (κ3) is 5.98. The number of ether oxygens (including phenoxy) is 1. The van der Waals surface area contributed by atoms with Crippen LogP contribution in [-0.4, -0.2) is 60.4 Å². The maximum absolute atomic E-state index is 12.8. The van der Waals surface area contributed by atoms with Crippen molar-refractivity contribution in [3.8, 4) is 5.75 Å². The van der Waals surface area contributed by atoms with Gasteiger partial charge in [0.05, 0.1) is 10.6 Å². The average Bonchev–Trinajstić information content (AvgIpc) is 2.67. The van der Waals surface area contributed by atoms with Crippen molar-refractivity contribution in [3.63, 3.8) is 0 Å². The Kier molecular flexibility index (Phi) is 6.87. The summed E-state index contributed by atoms with van der Waals surface area (Å²) in [6.07, 6.45) is -4.31. The Morgan fingerprint density at radius 1 is 1.17 bits per heavy atom. The Bertz CT molecular complexity index is 810. The van der Waals surface area contributed by atoms with E-state index in [1.807, 2.05) is 36.1 Å². The van der Waals surface area contributed by atoms with Crippen LogP contribution in [0.3, 0.4) is 0 Å². The van der Waals surface area contributed by atoms with Crippen molar-refractivity contribution in [1.29, 1.82) is 0 Å². The molecule has 158 valence electrons. The van der Waals surface area contributed by atoms with Crippen molar-refractivity contribution in [2.45, 2.75) is 19.2 Å². The molecule has 1 aliphatic rings. The highest BCUT2D eigenvalue weighted by Gasteiger charge is 2.32. The molecule has 1 aromatic carbocycles. The molecule has 1 atom stereocenters. The van der Waals surface area contributed by atoms with Crippen LogP contribution < -0.4 is 9.64 Å². The van der Waals surface area contributed by atoms with Crippen molar-refractivity contribution in [2.75, 3.05) is 44.2 Å². The van der Waals surface area contributed by atoms with E-state index in [-0.39, 0.29) is 11.6 Å². The number of anilines is 1. The number of aromatic nitrogens is 1. The predicted molar refractivity (Wildman–Crippen MR) is 106 cm³/mol. The smallest absolute Gasteiger partial charge is 0.417 e. The van der Waals surface area contributed by atoms with Gasteiger partial charge in [-0.3, -0.25) is 4.90 Å². The van der Waals surface area contributed by atoms with Gasteiger partial charge in [-0.1, -0.05) is 29.3 Å². The van der Waals surface area contributed by atoms with E-state index >= 15 is 0 Å². The van der Waals surface area contributed by atoms with Crippen molar-refractivity contribution < 1.29 is 23.0 Å². The van der Waals surface area contributed by atoms with E-state index in [1.165, 1.54) is 0 Å². The van der Waals surface area contributed by atoms with Crippen LogP contribution in [0.25, 0.3) is 0 Å². The van der Waals surface area contributed by atoms with E-state index in [2.05, 4.69) is 9.88 Å². The Hall–Kier alpha value is -2.03. The molecule has 1 saturated heterocycles. The fraction of sp³-hybridized carbons (Fsp3) is 0.450. The molecule has 2 aromatic rings. The largest absolute Gasteiger partial charge is 0.491 e. The summed E-state index contributed by atoms with van der Waals surface area (Å²) < 4.78 is 43.9. The van der Waals surface area contributed by atoms with Crippen LogP contribution >= 0.6 is 11.6 Å². The van der Waals surface area contributed by atoms with Gasteiger partial charge in [0.25, 0.3) is 0 Å². The van der Waals surface area contributed by atoms with E-state index in [4.69, 9.17) is 16.3 Å². The molecular weight excluding hydrogens is 407 g/mol. The molecule has 1 fully saturated rings. The lowest BCUT2D eigenvalue weighted by atomic mass is 10.2. The lowest BCUT2D eigenvalue weighted by molar-refractivity contribution is -0.137. The van der Waals surface area contributed by atoms with Gasteiger partial charge in [-0.15, -0.1) is 0 Å². The van der Waals surface area contributed by atoms with Crippen molar-refractivity contribution in [2.24, 2.45) is 0 Å². The summed E-state index contributed by atoms with van der Waals surface area (Å²) in [7, 11) is 0. The number of benzene rings is 1. The molecule has 1 aromatic heterocycles. The van der Waals surface area contributed by atoms with Gasteiger partial charge < -0.3 is 14.7 Å². The minimum absolute atomic E-state index is 0.0141. The molecular formula is C20H23ClF3N3O2. The van der Waals surface area contributed by atoms with E-state index in [9.17, 15) is 18.3 Å². The minimum Gasteiger partial charge on any atom is -0.491 e. The SMILES string of the molecule is Cc1ccc(OCC(O)CN2CCN(c3ncc(C(F)(F)F)cc3Cl)CC2)cc1. The number of rotatable bonds is 6. The average molecular weight is 430 g/mol. The van der Waals surface area contributed by atoms with Crippen molar-refractivity contribution in [1.82, 2.24) is 9.88 Å². The lowest BCUT2D eigenvalue weighted by Crippen LogP contribution is -2.49. The monoisotopic (exact) mass is 429 g/mol. The molecule has 0 bridgehead atoms. The van der Waals surface area contributed by atoms with E-state index < -0.39 is 17.8 Å². The Labute approximate surface area is 172 Å². The number of hydrogen-bond donors (Lipinski definition) is 1. The third-order valence-corrected chi connectivity index (χ3v) is 5.03. The fourth-order valence-corrected chi connectivity index (χ4v) is 3.42. The van der Waals surface area contributed by atoms with E-state index in [0.29, 0.717) is 44.3 Å². The Morgan fingerprint density at radius 2 is 1.83 bits per heavy atom. The van der Waals surface area contributed by atoms with Gasteiger partial charge in [0, 0.05) is 38.9 Å². The number of aryl methyl sites for hydroxylation is 1. The molecule has 9 heteroatoms. The first kappa shape index (κ1) is 21.7. The molecule has 0 amide bonds. The molecule has 1 unspecified atom stereocenters. The van der Waals surface area contributed by atoms with Crippen LogP contribution in [-0.2, 0) is 6.18 Å². The van der Waals surface area contributed by atoms with Crippen molar-refractivity contribution >= 4 is 17.4 Å². The van der Waals surface area contributed by atoms with Crippen molar-refractivity contribution in [3.05, 3.63) is 52.7 Å². The first-order valence-corrected chi connectivity index (χ1v) is 9.68. The molecule has 1 aliphatic heterocycles. The van der Waals surface area contributed by atoms with Gasteiger partial charge in [0.15, 0.2) is 0 Å². The Morgan fingerprint density at radius 3 is 2.41 bits per heavy atom. The zero-order chi connectivity index (χ0) is 21.0. The maximum atomic E-state index is 12.8. The molecule has 3 rings (SSSR count). The highest BCUT2D eigenvalue weighted by atomic mass is 35.5. The number of pyridine rings is 1. The van der Waals surface area contributed by atoms with Crippen LogP contribution in [0.1, 0.15) is 11.1 Å². The van der Waals surface area contributed by atoms with E-state index in [0.717, 1.165) is 17.8 Å². The third-order valence-electron chi connectivity index (χ3n) is 4.75. The fourth-order valence-electron chi connectivity index (χ4n) is 3.14. The quantitative estimate of drug-likeness (QED) is 0.760. The first-order valence-electron chi connectivity index (χ1n) is 9.30. The second-order valence-corrected chi connectivity index (χ2v) is 7.50. The zero-order valence-electron chi connectivity index (χ0n) is 16.0. The second kappa shape index (κ2) is 9.19. The molecule has 29 heavy (non-hydrogen) atoms. The predicted octanol–water partition coefficient (Wildman–Crippen LogP) is 3.62. The van der Waals surface area contributed by atoms with Crippen LogP contribution in [0.15, 0.2) is 36.5 Å². The van der Waals surface area contributed by atoms with Gasteiger partial charge >= 0.3 is 6.18 Å². The summed E-state index contributed by atoms with van der Waals surface area (Å²) in [4.78, 5) is 7.85. The van der Waals surface area contributed by atoms with Crippen LogP contribution in [0.4, 0.5) is 19.0 Å². The highest BCUT2D eigenvalue weighted by molar-refractivity contribution is 6.33. The summed E-state index contributed by atoms with van der Waals surface area (Å²) >= 11 is 6.02. The topological polar surface area (TPSA) is 48.8 Å². The standard InChI is InChI=1S/C20H23ClF3N3O2/c1-14-2-4-17(5-3-14)29-13-16(28)12-26-6-8-27(9-7-26)19-18(21)10-15(11-25-19)20(22,23)24/h2-5,10-11,16,28H,6-9,12-13H2,1H3. The summed E-state index contributed by atoms with van der Waals surface area (Å²) in [6.45, 7) is 5.03. The highest BCUT2D eigenvalue weighted by Crippen LogP contribution is 2.33. The summed E-state index contributed by atoms with van der Waals surface area (Å²) in [6, 6.07) is 8.52. The molecule has 0 spiro atoms. The number of alkyl halides is 3. The van der Waals surface area contributed by atoms with Gasteiger partial charge in [-0.25, -0.2) is 4.98 Å². The maximum Gasteiger partial charge on any atom is 0.417 e. The van der Waals surface area contributed by atoms with E-state index in [1.54, 1.807) is 0 Å². The van der Waals surface area contributed by atoms with Gasteiger partial charge in [0.1, 0.15) is 24.3 Å². The minimum atomic E-state index is -4.47. The first-order chi connectivity index (χ1) is 13.7. The number of piperazine rings is 1. The molecule has 2 heterocycles. The number of aliphatic hydroxyl groups is 1. The number of aliphatic hydroxyl groups excluding tert-OH is 1. The number of hydrogen-bond acceptors (Lipinski definition) is 5. The van der Waals surface area contributed by atoms with Gasteiger partial charge in [-0.05, 0) is 25.1 Å². The molecule has 0 radical (unpaired) electrons. The lowest BCUT2D eigenvalue weighted by Gasteiger charge is -2.36. The molecule has 5 nitrogen and oxygen atoms in total. The van der Waals surface area contributed by atoms with Gasteiger partial charge in [-0.2, -0.15) is 13.2 Å². The van der Waals surface area contributed by atoms with Gasteiger partial charge in [0.2, 0.25) is 0 Å².